The average molecular weight is 272 g/mol. The van der Waals surface area contributed by atoms with Gasteiger partial charge in [-0.3, -0.25) is 9.59 Å². The van der Waals surface area contributed by atoms with E-state index in [1.165, 1.54) is 0 Å². The molecule has 0 aliphatic carbocycles. The van der Waals surface area contributed by atoms with Crippen LogP contribution in [0.3, 0.4) is 0 Å². The van der Waals surface area contributed by atoms with Crippen LogP contribution in [0.1, 0.15) is 66.7 Å². The highest BCUT2D eigenvalue weighted by atomic mass is 16.5. The van der Waals surface area contributed by atoms with Gasteiger partial charge < -0.3 is 9.47 Å². The van der Waals surface area contributed by atoms with Crippen molar-refractivity contribution in [2.24, 2.45) is 5.41 Å². The molecule has 0 aromatic rings. The average Bonchev–Trinajstić information content (AvgIpc) is 2.23. The van der Waals surface area contributed by atoms with Crippen molar-refractivity contribution in [2.45, 2.75) is 72.8 Å². The van der Waals surface area contributed by atoms with Crippen LogP contribution >= 0.6 is 0 Å². The van der Waals surface area contributed by atoms with Crippen LogP contribution in [0, 0.1) is 5.41 Å². The van der Waals surface area contributed by atoms with E-state index in [0.717, 1.165) is 12.8 Å². The van der Waals surface area contributed by atoms with Gasteiger partial charge in [-0.2, -0.15) is 0 Å². The monoisotopic (exact) mass is 272 g/mol. The van der Waals surface area contributed by atoms with Gasteiger partial charge in [0.2, 0.25) is 0 Å². The molecule has 1 unspecified atom stereocenters. The minimum atomic E-state index is -0.239. The minimum Gasteiger partial charge on any atom is -0.466 e. The van der Waals surface area contributed by atoms with Crippen molar-refractivity contribution in [1.82, 2.24) is 0 Å². The molecule has 0 aromatic heterocycles. The third-order valence-electron chi connectivity index (χ3n) is 2.46. The summed E-state index contributed by atoms with van der Waals surface area (Å²) >= 11 is 0. The number of carbonyl (C=O) groups excluding carboxylic acids is 2. The van der Waals surface area contributed by atoms with E-state index >= 15 is 0 Å². The van der Waals surface area contributed by atoms with E-state index in [2.05, 4.69) is 20.8 Å². The van der Waals surface area contributed by atoms with Gasteiger partial charge in [0.15, 0.2) is 0 Å². The second-order valence-corrected chi connectivity index (χ2v) is 6.14. The van der Waals surface area contributed by atoms with Crippen LogP contribution in [0.25, 0.3) is 0 Å². The first-order chi connectivity index (χ1) is 8.74. The van der Waals surface area contributed by atoms with Gasteiger partial charge in [-0.25, -0.2) is 0 Å². The molecule has 0 radical (unpaired) electrons. The summed E-state index contributed by atoms with van der Waals surface area (Å²) in [6.07, 6.45) is 2.61. The Balaban J connectivity index is 3.73. The minimum absolute atomic E-state index is 0.0838. The van der Waals surface area contributed by atoms with Crippen LogP contribution in [-0.4, -0.2) is 24.6 Å². The number of rotatable bonds is 8. The topological polar surface area (TPSA) is 52.6 Å². The molecule has 0 saturated carbocycles. The van der Waals surface area contributed by atoms with E-state index in [4.69, 9.17) is 9.47 Å². The van der Waals surface area contributed by atoms with Gasteiger partial charge in [-0.15, -0.1) is 0 Å². The van der Waals surface area contributed by atoms with Crippen LogP contribution in [0.15, 0.2) is 0 Å². The quantitative estimate of drug-likeness (QED) is 0.635. The van der Waals surface area contributed by atoms with Crippen LogP contribution in [0.4, 0.5) is 0 Å². The smallest absolute Gasteiger partial charge is 0.306 e. The Morgan fingerprint density at radius 1 is 1.11 bits per heavy atom. The normalized spacial score (nSPS) is 12.9. The van der Waals surface area contributed by atoms with E-state index in [-0.39, 0.29) is 36.3 Å². The fraction of sp³-hybridized carbons (Fsp3) is 0.867. The van der Waals surface area contributed by atoms with Crippen molar-refractivity contribution in [3.05, 3.63) is 0 Å². The molecule has 19 heavy (non-hydrogen) atoms. The molecular formula is C15H28O4. The fourth-order valence-corrected chi connectivity index (χ4v) is 1.85. The Kier molecular flexibility index (Phi) is 8.44. The van der Waals surface area contributed by atoms with Crippen molar-refractivity contribution < 1.29 is 19.1 Å². The fourth-order valence-electron chi connectivity index (χ4n) is 1.85. The molecule has 0 spiro atoms. The van der Waals surface area contributed by atoms with Crippen molar-refractivity contribution in [2.75, 3.05) is 6.61 Å². The van der Waals surface area contributed by atoms with E-state index in [0.29, 0.717) is 13.0 Å². The van der Waals surface area contributed by atoms with Crippen molar-refractivity contribution in [3.63, 3.8) is 0 Å². The highest BCUT2D eigenvalue weighted by Gasteiger charge is 2.18. The Hall–Kier alpha value is -1.06. The first kappa shape index (κ1) is 17.9. The molecule has 0 heterocycles. The summed E-state index contributed by atoms with van der Waals surface area (Å²) in [5.74, 6) is -0.475. The Labute approximate surface area is 116 Å². The molecule has 0 amide bonds. The number of ether oxygens (including phenoxy) is 2. The lowest BCUT2D eigenvalue weighted by molar-refractivity contribution is -0.149. The molecule has 4 nitrogen and oxygen atoms in total. The SMILES string of the molecule is CCCOC(=O)CCCC(=O)OC(C)CC(C)(C)C. The summed E-state index contributed by atoms with van der Waals surface area (Å²) in [6.45, 7) is 10.6. The zero-order chi connectivity index (χ0) is 14.9. The molecule has 0 aromatic carbocycles. The van der Waals surface area contributed by atoms with Gasteiger partial charge in [0.1, 0.15) is 0 Å². The molecule has 0 bridgehead atoms. The lowest BCUT2D eigenvalue weighted by Crippen LogP contribution is -2.21. The standard InChI is InChI=1S/C15H28O4/c1-6-10-18-13(16)8-7-9-14(17)19-12(2)11-15(3,4)5/h12H,6-11H2,1-5H3. The molecule has 0 saturated heterocycles. The lowest BCUT2D eigenvalue weighted by atomic mass is 9.90. The third-order valence-corrected chi connectivity index (χ3v) is 2.46. The van der Waals surface area contributed by atoms with Crippen molar-refractivity contribution in [1.29, 1.82) is 0 Å². The summed E-state index contributed by atoms with van der Waals surface area (Å²) in [5.41, 5.74) is 0.143. The van der Waals surface area contributed by atoms with E-state index in [1.54, 1.807) is 0 Å². The molecule has 1 atom stereocenters. The molecule has 0 rings (SSSR count). The van der Waals surface area contributed by atoms with Gasteiger partial charge in [-0.1, -0.05) is 27.7 Å². The molecule has 112 valence electrons. The maximum atomic E-state index is 11.6. The summed E-state index contributed by atoms with van der Waals surface area (Å²) < 4.78 is 10.2. The van der Waals surface area contributed by atoms with Crippen molar-refractivity contribution in [3.8, 4) is 0 Å². The Bertz CT molecular complexity index is 278. The van der Waals surface area contributed by atoms with Crippen LogP contribution < -0.4 is 0 Å². The van der Waals surface area contributed by atoms with Crippen LogP contribution in [0.5, 0.6) is 0 Å². The van der Waals surface area contributed by atoms with Gasteiger partial charge in [0.25, 0.3) is 0 Å². The Morgan fingerprint density at radius 2 is 1.68 bits per heavy atom. The van der Waals surface area contributed by atoms with Gasteiger partial charge >= 0.3 is 11.9 Å². The predicted molar refractivity (Wildman–Crippen MR) is 74.7 cm³/mol. The molecular weight excluding hydrogens is 244 g/mol. The molecule has 4 heteroatoms. The van der Waals surface area contributed by atoms with Crippen LogP contribution in [-0.2, 0) is 19.1 Å². The van der Waals surface area contributed by atoms with Gasteiger partial charge in [0, 0.05) is 12.8 Å². The van der Waals surface area contributed by atoms with E-state index in [1.807, 2.05) is 13.8 Å². The van der Waals surface area contributed by atoms with E-state index < -0.39 is 0 Å². The van der Waals surface area contributed by atoms with Gasteiger partial charge in [0.05, 0.1) is 12.7 Å². The summed E-state index contributed by atoms with van der Waals surface area (Å²) in [6, 6.07) is 0. The highest BCUT2D eigenvalue weighted by molar-refractivity contribution is 5.72. The van der Waals surface area contributed by atoms with Gasteiger partial charge in [-0.05, 0) is 31.6 Å². The zero-order valence-corrected chi connectivity index (χ0v) is 13.0. The maximum Gasteiger partial charge on any atom is 0.306 e. The second kappa shape index (κ2) is 8.94. The maximum absolute atomic E-state index is 11.6. The number of hydrogen-bond acceptors (Lipinski definition) is 4. The van der Waals surface area contributed by atoms with Crippen LogP contribution in [0.2, 0.25) is 0 Å². The Morgan fingerprint density at radius 3 is 2.21 bits per heavy atom. The highest BCUT2D eigenvalue weighted by Crippen LogP contribution is 2.22. The largest absolute Gasteiger partial charge is 0.466 e. The second-order valence-electron chi connectivity index (χ2n) is 6.14. The lowest BCUT2D eigenvalue weighted by Gasteiger charge is -2.23. The molecule has 0 aliphatic heterocycles. The third kappa shape index (κ3) is 11.7. The molecule has 0 N–H and O–H groups in total. The molecule has 0 fully saturated rings. The summed E-state index contributed by atoms with van der Waals surface area (Å²) in [4.78, 5) is 22.8. The summed E-state index contributed by atoms with van der Waals surface area (Å²) in [5, 5.41) is 0. The predicted octanol–water partition coefficient (Wildman–Crippen LogP) is 3.48. The molecule has 0 aliphatic rings. The number of esters is 2. The first-order valence-electron chi connectivity index (χ1n) is 7.09. The first-order valence-corrected chi connectivity index (χ1v) is 7.09. The number of hydrogen-bond donors (Lipinski definition) is 0. The summed E-state index contributed by atoms with van der Waals surface area (Å²) in [7, 11) is 0. The van der Waals surface area contributed by atoms with E-state index in [9.17, 15) is 9.59 Å². The zero-order valence-electron chi connectivity index (χ0n) is 13.0. The number of carbonyl (C=O) groups is 2. The van der Waals surface area contributed by atoms with Crippen molar-refractivity contribution >= 4 is 11.9 Å².